The van der Waals surface area contributed by atoms with Gasteiger partial charge in [-0.3, -0.25) is 14.6 Å². The average molecular weight is 1020 g/mol. The molecule has 2 amide bonds. The van der Waals surface area contributed by atoms with E-state index in [1.165, 1.54) is 22.1 Å². The lowest BCUT2D eigenvalue weighted by atomic mass is 9.72. The van der Waals surface area contributed by atoms with E-state index in [4.69, 9.17) is 32.7 Å². The molecule has 3 heterocycles. The molecule has 4 aromatic carbocycles. The Bertz CT molecular complexity index is 2790. The molecule has 1 N–H and O–H groups in total. The minimum atomic E-state index is -5.13. The van der Waals surface area contributed by atoms with Crippen LogP contribution in [-0.4, -0.2) is 112 Å². The fraction of sp³-hybridized carbons (Fsp3) is 0.408. The fourth-order valence-corrected chi connectivity index (χ4v) is 11.4. The van der Waals surface area contributed by atoms with E-state index < -0.39 is 56.0 Å². The molecule has 2 aliphatic heterocycles. The average Bonchev–Trinajstić information content (AvgIpc) is 3.63. The van der Waals surface area contributed by atoms with Gasteiger partial charge < -0.3 is 24.2 Å². The second-order valence-electron chi connectivity index (χ2n) is 17.8. The molecule has 2 fully saturated rings. The van der Waals surface area contributed by atoms with Crippen LogP contribution >= 0.6 is 23.2 Å². The van der Waals surface area contributed by atoms with Crippen LogP contribution in [0, 0.1) is 0 Å². The number of pyridine rings is 1. The Hall–Kier alpha value is -4.82. The Kier molecular flexibility index (Phi) is 14.7. The van der Waals surface area contributed by atoms with Gasteiger partial charge in [0.15, 0.2) is 0 Å². The number of nitrogens with one attached hydrogen (secondary N) is 1. The molecule has 0 saturated carbocycles. The smallest absolute Gasteiger partial charge is 0.367 e. The predicted molar refractivity (Wildman–Crippen MR) is 247 cm³/mol. The van der Waals surface area contributed by atoms with Gasteiger partial charge in [0.25, 0.3) is 5.91 Å². The van der Waals surface area contributed by atoms with E-state index in [1.807, 2.05) is 12.1 Å². The first kappa shape index (κ1) is 50.6. The molecular formula is C49H49Cl2F6N5O6S. The number of amides is 2. The molecule has 0 unspecified atom stereocenters. The molecular weight excluding hydrogens is 972 g/mol. The molecule has 11 nitrogen and oxygen atoms in total. The second kappa shape index (κ2) is 20.1. The first-order valence-corrected chi connectivity index (χ1v) is 24.6. The highest BCUT2D eigenvalue weighted by Crippen LogP contribution is 2.48. The number of halogens is 8. The third kappa shape index (κ3) is 10.9. The van der Waals surface area contributed by atoms with Gasteiger partial charge in [0.1, 0.15) is 17.1 Å². The van der Waals surface area contributed by atoms with Crippen molar-refractivity contribution >= 4 is 55.9 Å². The maximum absolute atomic E-state index is 13.9. The van der Waals surface area contributed by atoms with E-state index >= 15 is 0 Å². The maximum atomic E-state index is 13.9. The van der Waals surface area contributed by atoms with Crippen LogP contribution in [-0.2, 0) is 54.1 Å². The lowest BCUT2D eigenvalue weighted by Crippen LogP contribution is -2.54. The number of fused-ring (bicyclic) bond motifs is 3. The summed E-state index contributed by atoms with van der Waals surface area (Å²) in [4.78, 5) is 36.6. The molecule has 0 bridgehead atoms. The Morgan fingerprint density at radius 1 is 0.899 bits per heavy atom. The van der Waals surface area contributed by atoms with Crippen LogP contribution in [0.3, 0.4) is 0 Å². The van der Waals surface area contributed by atoms with Crippen molar-refractivity contribution in [2.45, 2.75) is 66.5 Å². The van der Waals surface area contributed by atoms with Gasteiger partial charge in [-0.1, -0.05) is 71.7 Å². The van der Waals surface area contributed by atoms with Crippen molar-refractivity contribution in [3.8, 4) is 0 Å². The Morgan fingerprint density at radius 3 is 2.32 bits per heavy atom. The number of sulfonamides is 1. The lowest BCUT2D eigenvalue weighted by Gasteiger charge is -2.46. The molecule has 1 aliphatic carbocycles. The lowest BCUT2D eigenvalue weighted by molar-refractivity contribution is -0.143. The zero-order valence-electron chi connectivity index (χ0n) is 37.4. The summed E-state index contributed by atoms with van der Waals surface area (Å²) in [5, 5.41) is 1.15. The number of aromatic nitrogens is 1. The number of likely N-dealkylation sites (tertiary alicyclic amines) is 1. The standard InChI is InChI=1S/C49H49Cl2F6N5O6S/c1-60(19-6-18-59-69(65,66)41-11-4-8-32-9-5-17-58-44(32)41)43(63)30-67-42-27-33-7-2-3-10-38(33)46(42)14-20-61(21-15-46)22-16-47(35-12-13-39(50)40(51)29-35)31-62(23-24-68-47)45(64)34-25-36(48(52,53)54)28-37(26-34)49(55,56)57/h2-5,7-13,17,25-26,28-29,42,59H,6,14-16,18-24,27,30-31H2,1H3/t42-,47-/m0/s1. The SMILES string of the molecule is CN(CCCNS(=O)(=O)c1cccc2cccnc12)C(=O)CO[C@H]1Cc2ccccc2C12CCN(CC[C@@]1(c3ccc(Cl)c(Cl)c3)CN(C(=O)c3cc(C(F)(F)F)cc(C(F)(F)F)c3)CCO1)CC2. The number of alkyl halides is 6. The molecule has 1 aromatic heterocycles. The van der Waals surface area contributed by atoms with Crippen molar-refractivity contribution < 1.29 is 53.8 Å². The van der Waals surface area contributed by atoms with Crippen molar-refractivity contribution in [2.24, 2.45) is 0 Å². The number of para-hydroxylation sites is 1. The largest absolute Gasteiger partial charge is 0.416 e. The van der Waals surface area contributed by atoms with Gasteiger partial charge >= 0.3 is 12.4 Å². The van der Waals surface area contributed by atoms with Crippen LogP contribution in [0.2, 0.25) is 10.0 Å². The van der Waals surface area contributed by atoms with Gasteiger partial charge in [0.05, 0.1) is 45.9 Å². The van der Waals surface area contributed by atoms with Crippen LogP contribution in [0.15, 0.2) is 102 Å². The second-order valence-corrected chi connectivity index (χ2v) is 20.3. The number of hydrogen-bond donors (Lipinski definition) is 1. The van der Waals surface area contributed by atoms with Gasteiger partial charge in [-0.2, -0.15) is 26.3 Å². The number of hydrogen-bond acceptors (Lipinski definition) is 8. The summed E-state index contributed by atoms with van der Waals surface area (Å²) in [5.74, 6) is -1.26. The van der Waals surface area contributed by atoms with Gasteiger partial charge in [-0.05, 0) is 104 Å². The number of nitrogens with zero attached hydrogens (tertiary/aromatic N) is 4. The van der Waals surface area contributed by atoms with Crippen molar-refractivity contribution in [1.82, 2.24) is 24.4 Å². The minimum Gasteiger partial charge on any atom is -0.367 e. The van der Waals surface area contributed by atoms with Crippen LogP contribution < -0.4 is 4.72 Å². The Balaban J connectivity index is 0.913. The number of carbonyl (C=O) groups is 2. The molecule has 0 radical (unpaired) electrons. The Labute approximate surface area is 405 Å². The first-order chi connectivity index (χ1) is 32.7. The number of benzene rings is 4. The van der Waals surface area contributed by atoms with Crippen LogP contribution in [0.1, 0.15) is 63.9 Å². The summed E-state index contributed by atoms with van der Waals surface area (Å²) in [7, 11) is -2.21. The van der Waals surface area contributed by atoms with E-state index in [9.17, 15) is 44.3 Å². The quantitative estimate of drug-likeness (QED) is 0.0865. The van der Waals surface area contributed by atoms with Crippen LogP contribution in [0.4, 0.5) is 26.3 Å². The van der Waals surface area contributed by atoms with Gasteiger partial charge in [0, 0.05) is 55.8 Å². The van der Waals surface area contributed by atoms with E-state index in [2.05, 4.69) is 26.7 Å². The number of likely N-dealkylation sites (N-methyl/N-ethyl adjacent to an activating group) is 1. The topological polar surface area (TPSA) is 121 Å². The highest BCUT2D eigenvalue weighted by atomic mass is 35.5. The van der Waals surface area contributed by atoms with Crippen molar-refractivity contribution in [3.05, 3.63) is 141 Å². The summed E-state index contributed by atoms with van der Waals surface area (Å²) < 4.78 is 125. The van der Waals surface area contributed by atoms with Gasteiger partial charge in [-0.15, -0.1) is 0 Å². The molecule has 1 spiro atoms. The predicted octanol–water partition coefficient (Wildman–Crippen LogP) is 9.14. The highest BCUT2D eigenvalue weighted by molar-refractivity contribution is 7.89. The monoisotopic (exact) mass is 1020 g/mol. The summed E-state index contributed by atoms with van der Waals surface area (Å²) in [6.07, 6.45) is -6.45. The summed E-state index contributed by atoms with van der Waals surface area (Å²) in [5.41, 5.74) is -2.39. The number of rotatable bonds is 14. The third-order valence-electron chi connectivity index (χ3n) is 13.6. The van der Waals surface area contributed by atoms with Gasteiger partial charge in [0.2, 0.25) is 15.9 Å². The molecule has 2 atom stereocenters. The fourth-order valence-electron chi connectivity index (χ4n) is 9.85. The van der Waals surface area contributed by atoms with Gasteiger partial charge in [-0.25, -0.2) is 13.1 Å². The number of carbonyl (C=O) groups excluding carboxylic acids is 2. The summed E-state index contributed by atoms with van der Waals surface area (Å²) >= 11 is 12.7. The highest BCUT2D eigenvalue weighted by Gasteiger charge is 2.50. The molecule has 69 heavy (non-hydrogen) atoms. The third-order valence-corrected chi connectivity index (χ3v) is 15.8. The van der Waals surface area contributed by atoms with Crippen LogP contribution in [0.5, 0.6) is 0 Å². The van der Waals surface area contributed by atoms with Crippen LogP contribution in [0.25, 0.3) is 10.9 Å². The molecule has 3 aliphatic rings. The molecule has 5 aromatic rings. The van der Waals surface area contributed by atoms with E-state index in [1.54, 1.807) is 49.5 Å². The molecule has 20 heteroatoms. The summed E-state index contributed by atoms with van der Waals surface area (Å²) in [6, 6.07) is 22.3. The maximum Gasteiger partial charge on any atom is 0.416 e. The number of morpholine rings is 1. The number of piperidine rings is 1. The zero-order valence-corrected chi connectivity index (χ0v) is 39.7. The zero-order chi connectivity index (χ0) is 49.4. The van der Waals surface area contributed by atoms with Crippen molar-refractivity contribution in [1.29, 1.82) is 0 Å². The summed E-state index contributed by atoms with van der Waals surface area (Å²) in [6.45, 7) is 1.52. The number of ether oxygens (including phenoxy) is 2. The van der Waals surface area contributed by atoms with Crippen molar-refractivity contribution in [3.63, 3.8) is 0 Å². The van der Waals surface area contributed by atoms with E-state index in [-0.39, 0.29) is 78.8 Å². The van der Waals surface area contributed by atoms with E-state index in [0.29, 0.717) is 73.9 Å². The van der Waals surface area contributed by atoms with E-state index in [0.717, 1.165) is 11.1 Å². The first-order valence-electron chi connectivity index (χ1n) is 22.4. The molecule has 8 rings (SSSR count). The molecule has 368 valence electrons. The minimum absolute atomic E-state index is 0.0109. The Morgan fingerprint density at radius 2 is 1.61 bits per heavy atom. The molecule has 2 saturated heterocycles. The van der Waals surface area contributed by atoms with Crippen molar-refractivity contribution in [2.75, 3.05) is 66.1 Å². The normalized spacial score (nSPS) is 19.8.